The molecule has 13 heavy (non-hydrogen) atoms. The Balaban J connectivity index is 2.32. The molecule has 0 spiro atoms. The standard InChI is InChI=1S/C11H12N2/c1-8-4-6-12-11-10(8)5-7-13(11)9-2-3-9/h4-7,9H,2-3H2,1H3. The van der Waals surface area contributed by atoms with E-state index in [1.54, 1.807) is 0 Å². The maximum Gasteiger partial charge on any atom is 0.140 e. The van der Waals surface area contributed by atoms with Gasteiger partial charge in [-0.25, -0.2) is 4.98 Å². The Morgan fingerprint density at radius 3 is 3.00 bits per heavy atom. The van der Waals surface area contributed by atoms with Crippen LogP contribution in [0.3, 0.4) is 0 Å². The molecule has 1 fully saturated rings. The third-order valence-electron chi connectivity index (χ3n) is 2.77. The number of hydrogen-bond donors (Lipinski definition) is 0. The number of nitrogens with zero attached hydrogens (tertiary/aromatic N) is 2. The molecule has 0 atom stereocenters. The molecule has 1 aliphatic carbocycles. The molecule has 0 bridgehead atoms. The van der Waals surface area contributed by atoms with E-state index >= 15 is 0 Å². The molecule has 0 aromatic carbocycles. The van der Waals surface area contributed by atoms with Gasteiger partial charge in [0.2, 0.25) is 0 Å². The van der Waals surface area contributed by atoms with Crippen LogP contribution in [0.2, 0.25) is 0 Å². The predicted octanol–water partition coefficient (Wildman–Crippen LogP) is 2.68. The van der Waals surface area contributed by atoms with Crippen molar-refractivity contribution in [1.82, 2.24) is 9.55 Å². The van der Waals surface area contributed by atoms with E-state index in [9.17, 15) is 0 Å². The fourth-order valence-electron chi connectivity index (χ4n) is 1.84. The highest BCUT2D eigenvalue weighted by molar-refractivity contribution is 5.79. The molecule has 0 radical (unpaired) electrons. The Kier molecular flexibility index (Phi) is 1.29. The van der Waals surface area contributed by atoms with Crippen LogP contribution in [0, 0.1) is 6.92 Å². The SMILES string of the molecule is Cc1ccnc2c1ccn2C1CC1. The molecule has 0 amide bonds. The highest BCUT2D eigenvalue weighted by atomic mass is 15.1. The van der Waals surface area contributed by atoms with Gasteiger partial charge < -0.3 is 4.57 Å². The number of pyridine rings is 1. The lowest BCUT2D eigenvalue weighted by Gasteiger charge is -2.01. The summed E-state index contributed by atoms with van der Waals surface area (Å²) >= 11 is 0. The smallest absolute Gasteiger partial charge is 0.140 e. The minimum atomic E-state index is 0.729. The predicted molar refractivity (Wildman–Crippen MR) is 52.7 cm³/mol. The molecule has 66 valence electrons. The van der Waals surface area contributed by atoms with Gasteiger partial charge in [-0.3, -0.25) is 0 Å². The fraction of sp³-hybridized carbons (Fsp3) is 0.364. The van der Waals surface area contributed by atoms with Crippen molar-refractivity contribution in [2.24, 2.45) is 0 Å². The first kappa shape index (κ1) is 7.13. The van der Waals surface area contributed by atoms with Gasteiger partial charge in [-0.2, -0.15) is 0 Å². The number of rotatable bonds is 1. The van der Waals surface area contributed by atoms with Crippen molar-refractivity contribution in [3.8, 4) is 0 Å². The number of aromatic nitrogens is 2. The molecule has 0 unspecified atom stereocenters. The summed E-state index contributed by atoms with van der Waals surface area (Å²) in [5.41, 5.74) is 2.48. The maximum absolute atomic E-state index is 4.43. The van der Waals surface area contributed by atoms with Crippen LogP contribution in [0.25, 0.3) is 11.0 Å². The molecule has 3 rings (SSSR count). The van der Waals surface area contributed by atoms with Crippen molar-refractivity contribution in [2.45, 2.75) is 25.8 Å². The van der Waals surface area contributed by atoms with Crippen molar-refractivity contribution < 1.29 is 0 Å². The lowest BCUT2D eigenvalue weighted by atomic mass is 10.2. The van der Waals surface area contributed by atoms with Crippen LogP contribution in [-0.2, 0) is 0 Å². The Bertz CT molecular complexity index is 452. The number of hydrogen-bond acceptors (Lipinski definition) is 1. The minimum Gasteiger partial charge on any atom is -0.329 e. The van der Waals surface area contributed by atoms with E-state index < -0.39 is 0 Å². The van der Waals surface area contributed by atoms with Crippen molar-refractivity contribution >= 4 is 11.0 Å². The summed E-state index contributed by atoms with van der Waals surface area (Å²) in [5.74, 6) is 0. The molecular weight excluding hydrogens is 160 g/mol. The van der Waals surface area contributed by atoms with Crippen LogP contribution >= 0.6 is 0 Å². The van der Waals surface area contributed by atoms with E-state index in [0.29, 0.717) is 0 Å². The second-order valence-corrected chi connectivity index (χ2v) is 3.82. The van der Waals surface area contributed by atoms with Gasteiger partial charge in [0.1, 0.15) is 5.65 Å². The molecule has 2 aromatic heterocycles. The summed E-state index contributed by atoms with van der Waals surface area (Å²) in [5, 5.41) is 1.30. The molecule has 0 saturated heterocycles. The van der Waals surface area contributed by atoms with Crippen LogP contribution in [0.1, 0.15) is 24.4 Å². The largest absolute Gasteiger partial charge is 0.329 e. The Morgan fingerprint density at radius 1 is 1.38 bits per heavy atom. The first-order chi connectivity index (χ1) is 6.36. The quantitative estimate of drug-likeness (QED) is 0.646. The third kappa shape index (κ3) is 0.981. The molecule has 2 heterocycles. The van der Waals surface area contributed by atoms with Crippen LogP contribution in [0.4, 0.5) is 0 Å². The van der Waals surface area contributed by atoms with Crippen molar-refractivity contribution in [1.29, 1.82) is 0 Å². The summed E-state index contributed by atoms with van der Waals surface area (Å²) in [7, 11) is 0. The molecule has 2 aromatic rings. The minimum absolute atomic E-state index is 0.729. The Hall–Kier alpha value is -1.31. The van der Waals surface area contributed by atoms with Crippen molar-refractivity contribution in [3.05, 3.63) is 30.1 Å². The van der Waals surface area contributed by atoms with E-state index in [4.69, 9.17) is 0 Å². The van der Waals surface area contributed by atoms with Crippen LogP contribution in [0.5, 0.6) is 0 Å². The maximum atomic E-state index is 4.43. The fourth-order valence-corrected chi connectivity index (χ4v) is 1.84. The van der Waals surface area contributed by atoms with Crippen LogP contribution in [-0.4, -0.2) is 9.55 Å². The van der Waals surface area contributed by atoms with E-state index in [1.165, 1.54) is 23.8 Å². The van der Waals surface area contributed by atoms with E-state index in [0.717, 1.165) is 11.7 Å². The average molecular weight is 172 g/mol. The van der Waals surface area contributed by atoms with Crippen molar-refractivity contribution in [2.75, 3.05) is 0 Å². The van der Waals surface area contributed by atoms with Gasteiger partial charge in [0.25, 0.3) is 0 Å². The average Bonchev–Trinajstić information content (AvgIpc) is 2.87. The van der Waals surface area contributed by atoms with E-state index in [-0.39, 0.29) is 0 Å². The summed E-state index contributed by atoms with van der Waals surface area (Å²) in [6, 6.07) is 4.97. The Morgan fingerprint density at radius 2 is 2.23 bits per heavy atom. The summed E-state index contributed by atoms with van der Waals surface area (Å²) in [6.07, 6.45) is 6.71. The topological polar surface area (TPSA) is 17.8 Å². The lowest BCUT2D eigenvalue weighted by Crippen LogP contribution is -1.92. The van der Waals surface area contributed by atoms with Gasteiger partial charge in [-0.05, 0) is 37.5 Å². The molecule has 2 heteroatoms. The molecule has 2 nitrogen and oxygen atoms in total. The molecule has 1 saturated carbocycles. The zero-order chi connectivity index (χ0) is 8.84. The lowest BCUT2D eigenvalue weighted by molar-refractivity contribution is 0.766. The molecule has 0 N–H and O–H groups in total. The van der Waals surface area contributed by atoms with Gasteiger partial charge in [0.05, 0.1) is 0 Å². The van der Waals surface area contributed by atoms with Gasteiger partial charge in [0.15, 0.2) is 0 Å². The first-order valence-corrected chi connectivity index (χ1v) is 4.78. The van der Waals surface area contributed by atoms with Crippen molar-refractivity contribution in [3.63, 3.8) is 0 Å². The van der Waals surface area contributed by atoms with Crippen LogP contribution in [0.15, 0.2) is 24.5 Å². The first-order valence-electron chi connectivity index (χ1n) is 4.78. The van der Waals surface area contributed by atoms with E-state index in [2.05, 4.69) is 34.8 Å². The monoisotopic (exact) mass is 172 g/mol. The van der Waals surface area contributed by atoms with Gasteiger partial charge in [-0.1, -0.05) is 0 Å². The third-order valence-corrected chi connectivity index (χ3v) is 2.77. The zero-order valence-electron chi connectivity index (χ0n) is 7.70. The van der Waals surface area contributed by atoms with Crippen LogP contribution < -0.4 is 0 Å². The zero-order valence-corrected chi connectivity index (χ0v) is 7.70. The number of aryl methyl sites for hydroxylation is 1. The van der Waals surface area contributed by atoms with Gasteiger partial charge >= 0.3 is 0 Å². The van der Waals surface area contributed by atoms with Gasteiger partial charge in [-0.15, -0.1) is 0 Å². The summed E-state index contributed by atoms with van der Waals surface area (Å²) in [4.78, 5) is 4.43. The second-order valence-electron chi connectivity index (χ2n) is 3.82. The highest BCUT2D eigenvalue weighted by Crippen LogP contribution is 2.37. The molecule has 1 aliphatic rings. The van der Waals surface area contributed by atoms with Gasteiger partial charge in [0, 0.05) is 23.8 Å². The summed E-state index contributed by atoms with van der Waals surface area (Å²) in [6.45, 7) is 2.14. The molecule has 0 aliphatic heterocycles. The second kappa shape index (κ2) is 2.34. The molecular formula is C11H12N2. The van der Waals surface area contributed by atoms with E-state index in [1.807, 2.05) is 6.20 Å². The highest BCUT2D eigenvalue weighted by Gasteiger charge is 2.24. The number of fused-ring (bicyclic) bond motifs is 1. The Labute approximate surface area is 77.2 Å². The normalized spacial score (nSPS) is 16.7. The summed E-state index contributed by atoms with van der Waals surface area (Å²) < 4.78 is 2.31.